The Morgan fingerprint density at radius 3 is 2.50 bits per heavy atom. The topological polar surface area (TPSA) is 75.7 Å². The minimum atomic E-state index is -0.120. The number of amides is 3. The van der Waals surface area contributed by atoms with E-state index in [2.05, 4.69) is 5.32 Å². The molecule has 1 saturated carbocycles. The first-order valence-corrected chi connectivity index (χ1v) is 6.37. The lowest BCUT2D eigenvalue weighted by Gasteiger charge is -2.13. The number of likely N-dealkylation sites (tertiary alicyclic amines) is 1. The average Bonchev–Trinajstić information content (AvgIpc) is 3.14. The maximum absolute atomic E-state index is 11.3. The summed E-state index contributed by atoms with van der Waals surface area (Å²) in [6.45, 7) is 1.54. The molecule has 0 atom stereocenters. The summed E-state index contributed by atoms with van der Waals surface area (Å²) in [6, 6.07) is 0. The molecule has 1 heterocycles. The zero-order valence-electron chi connectivity index (χ0n) is 10.3. The van der Waals surface area contributed by atoms with Crippen LogP contribution in [-0.4, -0.2) is 48.9 Å². The van der Waals surface area contributed by atoms with Crippen molar-refractivity contribution in [3.8, 4) is 0 Å². The molecule has 0 aromatic carbocycles. The summed E-state index contributed by atoms with van der Waals surface area (Å²) in [6.07, 6.45) is 2.62. The molecule has 6 heteroatoms. The predicted molar refractivity (Wildman–Crippen MR) is 62.5 cm³/mol. The Kier molecular flexibility index (Phi) is 4.30. The first kappa shape index (κ1) is 13.0. The first-order chi connectivity index (χ1) is 8.68. The molecule has 0 aromatic heterocycles. The van der Waals surface area contributed by atoms with Gasteiger partial charge < -0.3 is 10.1 Å². The van der Waals surface area contributed by atoms with E-state index in [1.807, 2.05) is 0 Å². The quantitative estimate of drug-likeness (QED) is 0.499. The van der Waals surface area contributed by atoms with Crippen LogP contribution >= 0.6 is 0 Å². The molecule has 2 rings (SSSR count). The van der Waals surface area contributed by atoms with Crippen molar-refractivity contribution in [2.45, 2.75) is 25.7 Å². The number of rotatable bonds is 7. The Labute approximate surface area is 106 Å². The van der Waals surface area contributed by atoms with Gasteiger partial charge in [-0.05, 0) is 12.8 Å². The third kappa shape index (κ3) is 3.53. The van der Waals surface area contributed by atoms with Crippen LogP contribution in [0.25, 0.3) is 0 Å². The van der Waals surface area contributed by atoms with E-state index in [0.717, 1.165) is 12.8 Å². The molecule has 18 heavy (non-hydrogen) atoms. The van der Waals surface area contributed by atoms with E-state index in [4.69, 9.17) is 4.74 Å². The second kappa shape index (κ2) is 5.95. The monoisotopic (exact) mass is 254 g/mol. The van der Waals surface area contributed by atoms with Crippen LogP contribution in [0.15, 0.2) is 0 Å². The molecule has 1 aliphatic carbocycles. The third-order valence-corrected chi connectivity index (χ3v) is 3.11. The lowest BCUT2D eigenvalue weighted by Crippen LogP contribution is -2.33. The SMILES string of the molecule is O=C(NCCOCCN1C(=O)CCC1=O)C1CC1. The second-order valence-corrected chi connectivity index (χ2v) is 4.62. The Morgan fingerprint density at radius 1 is 1.22 bits per heavy atom. The van der Waals surface area contributed by atoms with Crippen molar-refractivity contribution in [2.24, 2.45) is 5.92 Å². The van der Waals surface area contributed by atoms with E-state index in [1.165, 1.54) is 4.90 Å². The van der Waals surface area contributed by atoms with Gasteiger partial charge in [0.15, 0.2) is 0 Å². The Morgan fingerprint density at radius 2 is 1.89 bits per heavy atom. The van der Waals surface area contributed by atoms with E-state index >= 15 is 0 Å². The van der Waals surface area contributed by atoms with Gasteiger partial charge in [0.1, 0.15) is 0 Å². The summed E-state index contributed by atoms with van der Waals surface area (Å²) in [4.78, 5) is 35.0. The van der Waals surface area contributed by atoms with E-state index in [9.17, 15) is 14.4 Å². The summed E-state index contributed by atoms with van der Waals surface area (Å²) in [5.41, 5.74) is 0. The Hall–Kier alpha value is -1.43. The van der Waals surface area contributed by atoms with Crippen molar-refractivity contribution >= 4 is 17.7 Å². The molecule has 0 aromatic rings. The van der Waals surface area contributed by atoms with Crippen molar-refractivity contribution in [1.82, 2.24) is 10.2 Å². The Balaban J connectivity index is 1.49. The molecule has 0 bridgehead atoms. The first-order valence-electron chi connectivity index (χ1n) is 6.37. The van der Waals surface area contributed by atoms with Crippen LogP contribution in [-0.2, 0) is 19.1 Å². The van der Waals surface area contributed by atoms with Gasteiger partial charge in [0.2, 0.25) is 17.7 Å². The van der Waals surface area contributed by atoms with Crippen LogP contribution in [0.2, 0.25) is 0 Å². The predicted octanol–water partition coefficient (Wildman–Crippen LogP) is -0.322. The molecule has 2 fully saturated rings. The highest BCUT2D eigenvalue weighted by atomic mass is 16.5. The normalized spacial score (nSPS) is 19.4. The van der Waals surface area contributed by atoms with Crippen LogP contribution < -0.4 is 5.32 Å². The van der Waals surface area contributed by atoms with Crippen molar-refractivity contribution in [3.05, 3.63) is 0 Å². The van der Waals surface area contributed by atoms with Gasteiger partial charge in [-0.25, -0.2) is 0 Å². The smallest absolute Gasteiger partial charge is 0.229 e. The molecule has 1 aliphatic heterocycles. The standard InChI is InChI=1S/C12H18N2O4/c15-10-3-4-11(16)14(10)6-8-18-7-5-13-12(17)9-1-2-9/h9H,1-8H2,(H,13,17). The van der Waals surface area contributed by atoms with Crippen LogP contribution in [0.3, 0.4) is 0 Å². The van der Waals surface area contributed by atoms with Gasteiger partial charge in [-0.2, -0.15) is 0 Å². The molecular weight excluding hydrogens is 236 g/mol. The number of carbonyl (C=O) groups is 3. The number of ether oxygens (including phenoxy) is 1. The van der Waals surface area contributed by atoms with Crippen molar-refractivity contribution < 1.29 is 19.1 Å². The van der Waals surface area contributed by atoms with Gasteiger partial charge in [0.25, 0.3) is 0 Å². The van der Waals surface area contributed by atoms with Gasteiger partial charge in [-0.15, -0.1) is 0 Å². The zero-order chi connectivity index (χ0) is 13.0. The van der Waals surface area contributed by atoms with Gasteiger partial charge in [0, 0.05) is 25.3 Å². The molecular formula is C12H18N2O4. The highest BCUT2D eigenvalue weighted by Gasteiger charge is 2.29. The summed E-state index contributed by atoms with van der Waals surface area (Å²) in [5, 5.41) is 2.78. The molecule has 0 spiro atoms. The van der Waals surface area contributed by atoms with Crippen molar-refractivity contribution in [2.75, 3.05) is 26.3 Å². The molecule has 3 amide bonds. The van der Waals surface area contributed by atoms with Crippen LogP contribution in [0, 0.1) is 5.92 Å². The summed E-state index contributed by atoms with van der Waals surface area (Å²) < 4.78 is 5.28. The molecule has 2 aliphatic rings. The molecule has 1 saturated heterocycles. The highest BCUT2D eigenvalue weighted by Crippen LogP contribution is 2.28. The largest absolute Gasteiger partial charge is 0.378 e. The van der Waals surface area contributed by atoms with Crippen LogP contribution in [0.5, 0.6) is 0 Å². The van der Waals surface area contributed by atoms with Crippen LogP contribution in [0.4, 0.5) is 0 Å². The number of hydrogen-bond donors (Lipinski definition) is 1. The molecule has 0 unspecified atom stereocenters. The summed E-state index contributed by atoms with van der Waals surface area (Å²) in [5.74, 6) is 0.0737. The van der Waals surface area contributed by atoms with E-state index in [-0.39, 0.29) is 23.6 Å². The second-order valence-electron chi connectivity index (χ2n) is 4.62. The maximum atomic E-state index is 11.3. The van der Waals surface area contributed by atoms with Crippen LogP contribution in [0.1, 0.15) is 25.7 Å². The van der Waals surface area contributed by atoms with Gasteiger partial charge in [0.05, 0.1) is 19.8 Å². The fourth-order valence-corrected chi connectivity index (χ4v) is 1.87. The number of nitrogens with zero attached hydrogens (tertiary/aromatic N) is 1. The van der Waals surface area contributed by atoms with Gasteiger partial charge >= 0.3 is 0 Å². The maximum Gasteiger partial charge on any atom is 0.229 e. The molecule has 100 valence electrons. The lowest BCUT2D eigenvalue weighted by atomic mass is 10.4. The van der Waals surface area contributed by atoms with Crippen molar-refractivity contribution in [3.63, 3.8) is 0 Å². The number of hydrogen-bond acceptors (Lipinski definition) is 4. The van der Waals surface area contributed by atoms with E-state index in [1.54, 1.807) is 0 Å². The number of carbonyl (C=O) groups excluding carboxylic acids is 3. The zero-order valence-corrected chi connectivity index (χ0v) is 10.3. The summed E-state index contributed by atoms with van der Waals surface area (Å²) in [7, 11) is 0. The van der Waals surface area contributed by atoms with Crippen molar-refractivity contribution in [1.29, 1.82) is 0 Å². The fourth-order valence-electron chi connectivity index (χ4n) is 1.87. The average molecular weight is 254 g/mol. The summed E-state index contributed by atoms with van der Waals surface area (Å²) >= 11 is 0. The van der Waals surface area contributed by atoms with E-state index in [0.29, 0.717) is 39.1 Å². The Bertz CT molecular complexity index is 336. The minimum Gasteiger partial charge on any atom is -0.378 e. The minimum absolute atomic E-state index is 0.100. The van der Waals surface area contributed by atoms with Gasteiger partial charge in [-0.3, -0.25) is 19.3 Å². The molecule has 1 N–H and O–H groups in total. The molecule has 6 nitrogen and oxygen atoms in total. The third-order valence-electron chi connectivity index (χ3n) is 3.11. The number of nitrogens with one attached hydrogen (secondary N) is 1. The molecule has 0 radical (unpaired) electrons. The highest BCUT2D eigenvalue weighted by molar-refractivity contribution is 6.01. The lowest BCUT2D eigenvalue weighted by molar-refractivity contribution is -0.139. The van der Waals surface area contributed by atoms with E-state index < -0.39 is 0 Å². The number of imide groups is 1. The fraction of sp³-hybridized carbons (Fsp3) is 0.750. The van der Waals surface area contributed by atoms with Gasteiger partial charge in [-0.1, -0.05) is 0 Å².